The molecule has 1 aliphatic rings. The standard InChI is InChI=1S/C6H8N4O/c1-4-2-5(11)10-6(9-4)7-3-8-10/h2-3,5,11H,1H3,(H,7,8,9)/t5-/m1/s1. The summed E-state index contributed by atoms with van der Waals surface area (Å²) in [6.07, 6.45) is 2.38. The monoisotopic (exact) mass is 152 g/mol. The second-order valence-electron chi connectivity index (χ2n) is 2.42. The quantitative estimate of drug-likeness (QED) is 0.553. The SMILES string of the molecule is CC1=C[C@@H](O)n2ncnc2N1. The molecule has 58 valence electrons. The first-order valence-corrected chi connectivity index (χ1v) is 3.30. The number of aromatic nitrogens is 3. The fourth-order valence-corrected chi connectivity index (χ4v) is 1.05. The van der Waals surface area contributed by atoms with Crippen molar-refractivity contribution in [2.75, 3.05) is 5.32 Å². The van der Waals surface area contributed by atoms with Crippen LogP contribution in [0.4, 0.5) is 5.95 Å². The smallest absolute Gasteiger partial charge is 0.228 e. The van der Waals surface area contributed by atoms with Crippen LogP contribution in [0.1, 0.15) is 13.2 Å². The van der Waals surface area contributed by atoms with Crippen LogP contribution in [0.25, 0.3) is 0 Å². The lowest BCUT2D eigenvalue weighted by molar-refractivity contribution is 0.139. The van der Waals surface area contributed by atoms with Gasteiger partial charge >= 0.3 is 0 Å². The Morgan fingerprint density at radius 1 is 1.73 bits per heavy atom. The largest absolute Gasteiger partial charge is 0.368 e. The molecule has 0 bridgehead atoms. The molecule has 0 amide bonds. The van der Waals surface area contributed by atoms with Crippen LogP contribution in [0, 0.1) is 0 Å². The van der Waals surface area contributed by atoms with E-state index in [1.54, 1.807) is 6.08 Å². The number of aliphatic hydroxyl groups is 1. The van der Waals surface area contributed by atoms with Crippen molar-refractivity contribution < 1.29 is 5.11 Å². The Hall–Kier alpha value is -1.36. The van der Waals surface area contributed by atoms with Crippen molar-refractivity contribution in [2.24, 2.45) is 0 Å². The molecule has 2 N–H and O–H groups in total. The molecule has 5 heteroatoms. The van der Waals surface area contributed by atoms with Crippen molar-refractivity contribution >= 4 is 5.95 Å². The average Bonchev–Trinajstić information content (AvgIpc) is 2.34. The minimum absolute atomic E-state index is 0.581. The number of fused-ring (bicyclic) bond motifs is 1. The lowest BCUT2D eigenvalue weighted by Gasteiger charge is -2.17. The van der Waals surface area contributed by atoms with E-state index in [1.165, 1.54) is 11.0 Å². The fourth-order valence-electron chi connectivity index (χ4n) is 1.05. The summed E-state index contributed by atoms with van der Waals surface area (Å²) in [5.74, 6) is 0.581. The molecule has 0 spiro atoms. The van der Waals surface area contributed by atoms with Crippen LogP contribution < -0.4 is 5.32 Å². The fraction of sp³-hybridized carbons (Fsp3) is 0.333. The van der Waals surface area contributed by atoms with Crippen molar-refractivity contribution in [1.29, 1.82) is 0 Å². The molecule has 11 heavy (non-hydrogen) atoms. The Bertz CT molecular complexity index is 303. The van der Waals surface area contributed by atoms with E-state index in [2.05, 4.69) is 15.4 Å². The van der Waals surface area contributed by atoms with Gasteiger partial charge in [0.15, 0.2) is 6.23 Å². The number of rotatable bonds is 0. The first kappa shape index (κ1) is 6.36. The third kappa shape index (κ3) is 0.894. The van der Waals surface area contributed by atoms with Crippen LogP contribution in [0.2, 0.25) is 0 Å². The van der Waals surface area contributed by atoms with Crippen molar-refractivity contribution in [3.05, 3.63) is 18.1 Å². The molecule has 0 aliphatic carbocycles. The molecule has 0 saturated heterocycles. The molecule has 1 aliphatic heterocycles. The highest BCUT2D eigenvalue weighted by atomic mass is 16.3. The van der Waals surface area contributed by atoms with Crippen LogP contribution >= 0.6 is 0 Å². The molecule has 1 atom stereocenters. The van der Waals surface area contributed by atoms with Crippen molar-refractivity contribution in [3.63, 3.8) is 0 Å². The number of allylic oxidation sites excluding steroid dienone is 1. The summed E-state index contributed by atoms with van der Waals surface area (Å²) in [7, 11) is 0. The summed E-state index contributed by atoms with van der Waals surface area (Å²) in [5.41, 5.74) is 0.887. The highest BCUT2D eigenvalue weighted by Crippen LogP contribution is 2.18. The molecule has 0 saturated carbocycles. The summed E-state index contributed by atoms with van der Waals surface area (Å²) >= 11 is 0. The van der Waals surface area contributed by atoms with Gasteiger partial charge < -0.3 is 10.4 Å². The first-order valence-electron chi connectivity index (χ1n) is 3.30. The molecule has 5 nitrogen and oxygen atoms in total. The summed E-state index contributed by atoms with van der Waals surface area (Å²) in [4.78, 5) is 3.90. The average molecular weight is 152 g/mol. The van der Waals surface area contributed by atoms with E-state index >= 15 is 0 Å². The zero-order valence-corrected chi connectivity index (χ0v) is 6.02. The predicted molar refractivity (Wildman–Crippen MR) is 38.7 cm³/mol. The van der Waals surface area contributed by atoms with Gasteiger partial charge in [-0.2, -0.15) is 14.8 Å². The second kappa shape index (κ2) is 2.06. The summed E-state index contributed by atoms with van der Waals surface area (Å²) in [6.45, 7) is 1.86. The Balaban J connectivity index is 2.45. The highest BCUT2D eigenvalue weighted by Gasteiger charge is 2.15. The van der Waals surface area contributed by atoms with Crippen LogP contribution in [0.3, 0.4) is 0 Å². The molecular weight excluding hydrogens is 144 g/mol. The molecule has 0 unspecified atom stereocenters. The van der Waals surface area contributed by atoms with Gasteiger partial charge in [-0.05, 0) is 13.0 Å². The van der Waals surface area contributed by atoms with Gasteiger partial charge in [0.1, 0.15) is 6.33 Å². The van der Waals surface area contributed by atoms with E-state index in [4.69, 9.17) is 0 Å². The third-order valence-corrected chi connectivity index (χ3v) is 1.53. The number of anilines is 1. The van der Waals surface area contributed by atoms with Crippen LogP contribution in [0.5, 0.6) is 0 Å². The lowest BCUT2D eigenvalue weighted by Crippen LogP contribution is -2.18. The number of hydrogen-bond acceptors (Lipinski definition) is 4. The minimum Gasteiger partial charge on any atom is -0.368 e. The molecule has 2 rings (SSSR count). The van der Waals surface area contributed by atoms with Crippen molar-refractivity contribution in [3.8, 4) is 0 Å². The maximum Gasteiger partial charge on any atom is 0.228 e. The van der Waals surface area contributed by atoms with Crippen molar-refractivity contribution in [1.82, 2.24) is 14.8 Å². The number of nitrogens with one attached hydrogen (secondary N) is 1. The molecule has 0 radical (unpaired) electrons. The van der Waals surface area contributed by atoms with E-state index in [0.29, 0.717) is 5.95 Å². The minimum atomic E-state index is -0.686. The molecular formula is C6H8N4O. The van der Waals surface area contributed by atoms with E-state index < -0.39 is 6.23 Å². The Morgan fingerprint density at radius 2 is 2.55 bits per heavy atom. The first-order chi connectivity index (χ1) is 5.27. The highest BCUT2D eigenvalue weighted by molar-refractivity contribution is 5.36. The lowest BCUT2D eigenvalue weighted by atomic mass is 10.3. The van der Waals surface area contributed by atoms with E-state index in [9.17, 15) is 5.11 Å². The number of aliphatic hydroxyl groups excluding tert-OH is 1. The maximum atomic E-state index is 9.36. The molecule has 2 heterocycles. The summed E-state index contributed by atoms with van der Waals surface area (Å²) in [5, 5.41) is 16.1. The Labute approximate surface area is 63.4 Å². The summed E-state index contributed by atoms with van der Waals surface area (Å²) < 4.78 is 1.41. The molecule has 1 aromatic heterocycles. The van der Waals surface area contributed by atoms with Crippen LogP contribution in [-0.2, 0) is 0 Å². The number of hydrogen-bond donors (Lipinski definition) is 2. The second-order valence-corrected chi connectivity index (χ2v) is 2.42. The molecule has 0 fully saturated rings. The zero-order valence-electron chi connectivity index (χ0n) is 6.02. The van der Waals surface area contributed by atoms with Gasteiger partial charge in [-0.3, -0.25) is 0 Å². The van der Waals surface area contributed by atoms with Gasteiger partial charge in [-0.15, -0.1) is 0 Å². The van der Waals surface area contributed by atoms with Gasteiger partial charge in [0, 0.05) is 5.70 Å². The predicted octanol–water partition coefficient (Wildman–Crippen LogP) is 0.0983. The molecule has 1 aromatic rings. The topological polar surface area (TPSA) is 63.0 Å². The normalized spacial score (nSPS) is 22.0. The van der Waals surface area contributed by atoms with Crippen LogP contribution in [-0.4, -0.2) is 19.9 Å². The Kier molecular flexibility index (Phi) is 1.19. The van der Waals surface area contributed by atoms with Gasteiger partial charge in [0.25, 0.3) is 0 Å². The van der Waals surface area contributed by atoms with Gasteiger partial charge in [-0.25, -0.2) is 0 Å². The van der Waals surface area contributed by atoms with Gasteiger partial charge in [0.2, 0.25) is 5.95 Å². The maximum absolute atomic E-state index is 9.36. The molecule has 0 aromatic carbocycles. The van der Waals surface area contributed by atoms with Crippen LogP contribution in [0.15, 0.2) is 18.1 Å². The van der Waals surface area contributed by atoms with Gasteiger partial charge in [0.05, 0.1) is 0 Å². The van der Waals surface area contributed by atoms with Crippen molar-refractivity contribution in [2.45, 2.75) is 13.2 Å². The Morgan fingerprint density at radius 3 is 3.36 bits per heavy atom. The van der Waals surface area contributed by atoms with E-state index in [0.717, 1.165) is 5.70 Å². The summed E-state index contributed by atoms with van der Waals surface area (Å²) in [6, 6.07) is 0. The third-order valence-electron chi connectivity index (χ3n) is 1.53. The van der Waals surface area contributed by atoms with E-state index in [1.807, 2.05) is 6.92 Å². The van der Waals surface area contributed by atoms with Gasteiger partial charge in [-0.1, -0.05) is 0 Å². The number of nitrogens with zero attached hydrogens (tertiary/aromatic N) is 3. The van der Waals surface area contributed by atoms with E-state index in [-0.39, 0.29) is 0 Å². The zero-order chi connectivity index (χ0) is 7.84.